The summed E-state index contributed by atoms with van der Waals surface area (Å²) in [7, 11) is 0. The van der Waals surface area contributed by atoms with Gasteiger partial charge in [-0.1, -0.05) is 12.2 Å². The van der Waals surface area contributed by atoms with Crippen molar-refractivity contribution in [2.45, 2.75) is 0 Å². The molecule has 0 amide bonds. The van der Waals surface area contributed by atoms with Gasteiger partial charge in [0.2, 0.25) is 0 Å². The lowest BCUT2D eigenvalue weighted by molar-refractivity contribution is 1.23. The second-order valence-electron chi connectivity index (χ2n) is 1.78. The van der Waals surface area contributed by atoms with Gasteiger partial charge in [0.05, 0.1) is 5.56 Å². The van der Waals surface area contributed by atoms with Crippen LogP contribution in [0.4, 0.5) is 0 Å². The number of nitrogens with two attached hydrogens (primary N) is 1. The summed E-state index contributed by atoms with van der Waals surface area (Å²) >= 11 is 4.61. The van der Waals surface area contributed by atoms with Gasteiger partial charge in [-0.25, -0.2) is 0 Å². The zero-order valence-corrected chi connectivity index (χ0v) is 5.94. The smallest absolute Gasteiger partial charge is 0.258 e. The number of thiocarbonyl (C=S) groups is 1. The molecule has 0 aliphatic carbocycles. The van der Waals surface area contributed by atoms with Gasteiger partial charge in [-0.15, -0.1) is 0 Å². The zero-order chi connectivity index (χ0) is 7.56. The first-order chi connectivity index (χ1) is 4.72. The summed E-state index contributed by atoms with van der Waals surface area (Å²) in [4.78, 5) is 13.4. The van der Waals surface area contributed by atoms with Crippen molar-refractivity contribution < 1.29 is 0 Å². The van der Waals surface area contributed by atoms with E-state index in [-0.39, 0.29) is 10.5 Å². The van der Waals surface area contributed by atoms with E-state index in [1.54, 1.807) is 12.1 Å². The lowest BCUT2D eigenvalue weighted by atomic mass is 10.3. The van der Waals surface area contributed by atoms with Crippen molar-refractivity contribution in [3.8, 4) is 0 Å². The molecule has 0 unspecified atom stereocenters. The van der Waals surface area contributed by atoms with Gasteiger partial charge < -0.3 is 10.7 Å². The second-order valence-corrected chi connectivity index (χ2v) is 2.22. The molecular formula is C6H6N2OS. The van der Waals surface area contributed by atoms with Gasteiger partial charge in [0.1, 0.15) is 4.99 Å². The number of pyridine rings is 1. The normalized spacial score (nSPS) is 9.20. The van der Waals surface area contributed by atoms with Crippen molar-refractivity contribution in [2.75, 3.05) is 0 Å². The van der Waals surface area contributed by atoms with Crippen molar-refractivity contribution >= 4 is 17.2 Å². The molecule has 1 heterocycles. The van der Waals surface area contributed by atoms with Gasteiger partial charge >= 0.3 is 0 Å². The Morgan fingerprint density at radius 1 is 1.70 bits per heavy atom. The third-order valence-electron chi connectivity index (χ3n) is 1.08. The molecule has 0 aromatic carbocycles. The molecule has 10 heavy (non-hydrogen) atoms. The van der Waals surface area contributed by atoms with Crippen LogP contribution in [0.25, 0.3) is 0 Å². The first-order valence-electron chi connectivity index (χ1n) is 2.69. The first-order valence-corrected chi connectivity index (χ1v) is 3.10. The van der Waals surface area contributed by atoms with Crippen LogP contribution >= 0.6 is 12.2 Å². The number of hydrogen-bond donors (Lipinski definition) is 2. The molecular weight excluding hydrogens is 148 g/mol. The van der Waals surface area contributed by atoms with Crippen LogP contribution < -0.4 is 11.3 Å². The van der Waals surface area contributed by atoms with E-state index in [9.17, 15) is 4.79 Å². The number of aromatic nitrogens is 1. The van der Waals surface area contributed by atoms with Crippen LogP contribution in [-0.2, 0) is 0 Å². The first kappa shape index (κ1) is 6.95. The van der Waals surface area contributed by atoms with Gasteiger partial charge in [0.25, 0.3) is 5.56 Å². The number of H-pyrrole nitrogens is 1. The van der Waals surface area contributed by atoms with Crippen LogP contribution in [0.3, 0.4) is 0 Å². The van der Waals surface area contributed by atoms with Crippen molar-refractivity contribution in [3.63, 3.8) is 0 Å². The molecule has 0 bridgehead atoms. The minimum atomic E-state index is -0.241. The van der Waals surface area contributed by atoms with Crippen molar-refractivity contribution in [3.05, 3.63) is 34.2 Å². The monoisotopic (exact) mass is 154 g/mol. The van der Waals surface area contributed by atoms with Crippen molar-refractivity contribution in [2.24, 2.45) is 5.73 Å². The topological polar surface area (TPSA) is 58.9 Å². The summed E-state index contributed by atoms with van der Waals surface area (Å²) in [5, 5.41) is 0. The fourth-order valence-electron chi connectivity index (χ4n) is 0.616. The zero-order valence-electron chi connectivity index (χ0n) is 5.13. The van der Waals surface area contributed by atoms with Crippen molar-refractivity contribution in [1.29, 1.82) is 0 Å². The highest BCUT2D eigenvalue weighted by Crippen LogP contribution is 1.86. The lowest BCUT2D eigenvalue weighted by Gasteiger charge is -1.92. The standard InChI is InChI=1S/C6H6N2OS/c7-5(10)4-2-1-3-8-6(4)9/h1-3H,(H2,7,10)(H,8,9). The Hall–Kier alpha value is -1.16. The minimum Gasteiger partial charge on any atom is -0.389 e. The summed E-state index contributed by atoms with van der Waals surface area (Å²) < 4.78 is 0. The van der Waals surface area contributed by atoms with Gasteiger partial charge in [0.15, 0.2) is 0 Å². The molecule has 1 aromatic heterocycles. The van der Waals surface area contributed by atoms with Crippen LogP contribution in [0.2, 0.25) is 0 Å². The highest BCUT2D eigenvalue weighted by atomic mass is 32.1. The highest BCUT2D eigenvalue weighted by Gasteiger charge is 1.98. The number of hydrogen-bond acceptors (Lipinski definition) is 2. The quantitative estimate of drug-likeness (QED) is 0.560. The molecule has 0 atom stereocenters. The van der Waals surface area contributed by atoms with E-state index in [0.717, 1.165) is 0 Å². The van der Waals surface area contributed by atoms with E-state index >= 15 is 0 Å². The summed E-state index contributed by atoms with van der Waals surface area (Å²) in [6.45, 7) is 0. The maximum atomic E-state index is 10.8. The summed E-state index contributed by atoms with van der Waals surface area (Å²) in [6, 6.07) is 3.26. The van der Waals surface area contributed by atoms with E-state index < -0.39 is 0 Å². The fraction of sp³-hybridized carbons (Fsp3) is 0. The molecule has 0 aliphatic heterocycles. The number of rotatable bonds is 1. The predicted octanol–water partition coefficient (Wildman–Crippen LogP) is 0.00910. The predicted molar refractivity (Wildman–Crippen MR) is 43.0 cm³/mol. The van der Waals surface area contributed by atoms with Crippen LogP contribution in [0.5, 0.6) is 0 Å². The molecule has 0 aliphatic rings. The van der Waals surface area contributed by atoms with Gasteiger partial charge in [0, 0.05) is 6.20 Å². The average molecular weight is 154 g/mol. The summed E-state index contributed by atoms with van der Waals surface area (Å²) in [5.74, 6) is 0. The van der Waals surface area contributed by atoms with Gasteiger partial charge in [-0.05, 0) is 12.1 Å². The molecule has 0 saturated carbocycles. The van der Waals surface area contributed by atoms with Crippen molar-refractivity contribution in [1.82, 2.24) is 4.98 Å². The van der Waals surface area contributed by atoms with Gasteiger partial charge in [-0.3, -0.25) is 4.79 Å². The Kier molecular flexibility index (Phi) is 1.82. The molecule has 4 heteroatoms. The number of nitrogens with one attached hydrogen (secondary N) is 1. The molecule has 0 fully saturated rings. The Morgan fingerprint density at radius 2 is 2.40 bits per heavy atom. The molecule has 1 aromatic rings. The highest BCUT2D eigenvalue weighted by molar-refractivity contribution is 7.80. The lowest BCUT2D eigenvalue weighted by Crippen LogP contribution is -2.21. The van der Waals surface area contributed by atoms with Crippen LogP contribution in [0, 0.1) is 0 Å². The van der Waals surface area contributed by atoms with E-state index in [0.29, 0.717) is 5.56 Å². The largest absolute Gasteiger partial charge is 0.389 e. The summed E-state index contributed by atoms with van der Waals surface area (Å²) in [6.07, 6.45) is 1.53. The van der Waals surface area contributed by atoms with Crippen LogP contribution in [-0.4, -0.2) is 9.97 Å². The third kappa shape index (κ3) is 1.22. The maximum Gasteiger partial charge on any atom is 0.258 e. The molecule has 52 valence electrons. The Balaban J connectivity index is 3.29. The molecule has 0 radical (unpaired) electrons. The summed E-state index contributed by atoms with van der Waals surface area (Å²) in [5.41, 5.74) is 5.34. The second kappa shape index (κ2) is 2.62. The maximum absolute atomic E-state index is 10.8. The molecule has 0 saturated heterocycles. The Bertz CT molecular complexity index is 305. The molecule has 3 nitrogen and oxygen atoms in total. The van der Waals surface area contributed by atoms with Crippen LogP contribution in [0.1, 0.15) is 5.56 Å². The molecule has 3 N–H and O–H groups in total. The SMILES string of the molecule is NC(=S)c1ccc[nH]c1=O. The van der Waals surface area contributed by atoms with E-state index in [2.05, 4.69) is 17.2 Å². The average Bonchev–Trinajstić information content (AvgIpc) is 1.88. The van der Waals surface area contributed by atoms with E-state index in [1.807, 2.05) is 0 Å². The minimum absolute atomic E-state index is 0.127. The van der Waals surface area contributed by atoms with Gasteiger partial charge in [-0.2, -0.15) is 0 Å². The fourth-order valence-corrected chi connectivity index (χ4v) is 0.776. The third-order valence-corrected chi connectivity index (χ3v) is 1.30. The van der Waals surface area contributed by atoms with E-state index in [4.69, 9.17) is 5.73 Å². The molecule has 1 rings (SSSR count). The Morgan fingerprint density at radius 3 is 2.80 bits per heavy atom. The number of aromatic amines is 1. The van der Waals surface area contributed by atoms with E-state index in [1.165, 1.54) is 6.20 Å². The Labute approximate surface area is 62.9 Å². The van der Waals surface area contributed by atoms with Crippen LogP contribution in [0.15, 0.2) is 23.1 Å². The molecule has 0 spiro atoms.